The third-order valence-electron chi connectivity index (χ3n) is 2.59. The number of ether oxygens (including phenoxy) is 1. The fourth-order valence-electron chi connectivity index (χ4n) is 1.61. The van der Waals surface area contributed by atoms with E-state index in [-0.39, 0.29) is 12.5 Å². The van der Waals surface area contributed by atoms with E-state index in [1.165, 1.54) is 11.3 Å². The van der Waals surface area contributed by atoms with Gasteiger partial charge in [-0.3, -0.25) is 10.1 Å². The fourth-order valence-corrected chi connectivity index (χ4v) is 3.29. The number of carbonyl (C=O) groups excluding carboxylic acids is 1. The number of amides is 1. The van der Waals surface area contributed by atoms with Gasteiger partial charge in [0.25, 0.3) is 5.91 Å². The topological polar surface area (TPSA) is 64.1 Å². The lowest BCUT2D eigenvalue weighted by Gasteiger charge is -2.05. The first kappa shape index (κ1) is 15.0. The molecule has 0 radical (unpaired) electrons. The van der Waals surface area contributed by atoms with Crippen LogP contribution in [0.4, 0.5) is 5.13 Å². The van der Waals surface area contributed by atoms with Crippen molar-refractivity contribution in [2.75, 3.05) is 11.9 Å². The van der Waals surface area contributed by atoms with Crippen LogP contribution >= 0.6 is 34.3 Å². The lowest BCUT2D eigenvalue weighted by atomic mass is 10.3. The molecule has 0 spiro atoms. The SMILES string of the molecule is O=C(COc1ccc(Cl)cc1)Nc1nnc(-c2cccs2)s1. The van der Waals surface area contributed by atoms with Crippen LogP contribution in [0.5, 0.6) is 5.75 Å². The van der Waals surface area contributed by atoms with Gasteiger partial charge in [-0.15, -0.1) is 21.5 Å². The molecule has 0 saturated carbocycles. The minimum absolute atomic E-state index is 0.102. The summed E-state index contributed by atoms with van der Waals surface area (Å²) in [5.41, 5.74) is 0. The van der Waals surface area contributed by atoms with Crippen molar-refractivity contribution >= 4 is 45.3 Å². The Bertz CT molecular complexity index is 757. The maximum absolute atomic E-state index is 11.8. The summed E-state index contributed by atoms with van der Waals surface area (Å²) >= 11 is 8.68. The molecular formula is C14H10ClN3O2S2. The normalized spacial score (nSPS) is 10.4. The first-order chi connectivity index (χ1) is 10.7. The summed E-state index contributed by atoms with van der Waals surface area (Å²) in [6.07, 6.45) is 0. The van der Waals surface area contributed by atoms with E-state index in [0.717, 1.165) is 9.88 Å². The molecule has 5 nitrogen and oxygen atoms in total. The second-order valence-corrected chi connectivity index (χ2v) is 6.54. The predicted molar refractivity (Wildman–Crippen MR) is 88.8 cm³/mol. The van der Waals surface area contributed by atoms with Gasteiger partial charge in [0.05, 0.1) is 4.88 Å². The number of hydrogen-bond donors (Lipinski definition) is 1. The summed E-state index contributed by atoms with van der Waals surface area (Å²) in [4.78, 5) is 12.9. The van der Waals surface area contributed by atoms with Gasteiger partial charge in [0.1, 0.15) is 5.75 Å². The van der Waals surface area contributed by atoms with Crippen molar-refractivity contribution in [3.8, 4) is 15.6 Å². The highest BCUT2D eigenvalue weighted by Crippen LogP contribution is 2.29. The van der Waals surface area contributed by atoms with Crippen LogP contribution in [0.25, 0.3) is 9.88 Å². The molecule has 0 aliphatic carbocycles. The van der Waals surface area contributed by atoms with E-state index >= 15 is 0 Å². The summed E-state index contributed by atoms with van der Waals surface area (Å²) in [6.45, 7) is -0.102. The van der Waals surface area contributed by atoms with E-state index in [0.29, 0.717) is 15.9 Å². The van der Waals surface area contributed by atoms with Crippen LogP contribution in [0, 0.1) is 0 Å². The highest BCUT2D eigenvalue weighted by molar-refractivity contribution is 7.23. The molecule has 8 heteroatoms. The Labute approximate surface area is 139 Å². The van der Waals surface area contributed by atoms with Crippen LogP contribution < -0.4 is 10.1 Å². The highest BCUT2D eigenvalue weighted by Gasteiger charge is 2.10. The molecule has 0 atom stereocenters. The summed E-state index contributed by atoms with van der Waals surface area (Å²) in [5, 5.41) is 14.5. The minimum Gasteiger partial charge on any atom is -0.484 e. The molecular weight excluding hydrogens is 342 g/mol. The van der Waals surface area contributed by atoms with E-state index in [9.17, 15) is 4.79 Å². The Morgan fingerprint density at radius 2 is 2.05 bits per heavy atom. The highest BCUT2D eigenvalue weighted by atomic mass is 35.5. The average molecular weight is 352 g/mol. The first-order valence-electron chi connectivity index (χ1n) is 6.26. The molecule has 0 bridgehead atoms. The van der Waals surface area contributed by atoms with E-state index in [2.05, 4.69) is 15.5 Å². The molecule has 0 unspecified atom stereocenters. The summed E-state index contributed by atoms with van der Waals surface area (Å²) in [6, 6.07) is 10.7. The Hall–Kier alpha value is -1.96. The molecule has 2 aromatic heterocycles. The molecule has 0 saturated heterocycles. The van der Waals surface area contributed by atoms with Crippen molar-refractivity contribution in [2.24, 2.45) is 0 Å². The number of hydrogen-bond acceptors (Lipinski definition) is 6. The molecule has 1 N–H and O–H groups in total. The second kappa shape index (κ2) is 6.87. The van der Waals surface area contributed by atoms with Crippen molar-refractivity contribution < 1.29 is 9.53 Å². The van der Waals surface area contributed by atoms with Gasteiger partial charge < -0.3 is 4.74 Å². The number of aromatic nitrogens is 2. The van der Waals surface area contributed by atoms with Crippen molar-refractivity contribution in [2.45, 2.75) is 0 Å². The van der Waals surface area contributed by atoms with Gasteiger partial charge in [-0.2, -0.15) is 0 Å². The van der Waals surface area contributed by atoms with E-state index in [4.69, 9.17) is 16.3 Å². The molecule has 22 heavy (non-hydrogen) atoms. The van der Waals surface area contributed by atoms with Gasteiger partial charge in [0.2, 0.25) is 5.13 Å². The fraction of sp³-hybridized carbons (Fsp3) is 0.0714. The monoisotopic (exact) mass is 351 g/mol. The van der Waals surface area contributed by atoms with Crippen LogP contribution in [-0.2, 0) is 4.79 Å². The molecule has 3 rings (SSSR count). The number of anilines is 1. The first-order valence-corrected chi connectivity index (χ1v) is 8.34. The smallest absolute Gasteiger partial charge is 0.264 e. The van der Waals surface area contributed by atoms with Gasteiger partial charge >= 0.3 is 0 Å². The number of carbonyl (C=O) groups is 1. The van der Waals surface area contributed by atoms with Crippen LogP contribution in [-0.4, -0.2) is 22.7 Å². The lowest BCUT2D eigenvalue weighted by Crippen LogP contribution is -2.20. The minimum atomic E-state index is -0.288. The zero-order chi connectivity index (χ0) is 15.4. The third kappa shape index (κ3) is 3.82. The maximum Gasteiger partial charge on any atom is 0.264 e. The molecule has 0 fully saturated rings. The number of halogens is 1. The average Bonchev–Trinajstić information content (AvgIpc) is 3.17. The number of rotatable bonds is 5. The predicted octanol–water partition coefficient (Wildman–Crippen LogP) is 3.94. The van der Waals surface area contributed by atoms with E-state index in [1.807, 2.05) is 17.5 Å². The van der Waals surface area contributed by atoms with Crippen LogP contribution in [0.1, 0.15) is 0 Å². The van der Waals surface area contributed by atoms with Crippen LogP contribution in [0.2, 0.25) is 5.02 Å². The van der Waals surface area contributed by atoms with E-state index < -0.39 is 0 Å². The van der Waals surface area contributed by atoms with Crippen molar-refractivity contribution in [3.63, 3.8) is 0 Å². The molecule has 0 aliphatic heterocycles. The Balaban J connectivity index is 1.54. The van der Waals surface area contributed by atoms with E-state index in [1.54, 1.807) is 35.6 Å². The molecule has 2 heterocycles. The summed E-state index contributed by atoms with van der Waals surface area (Å²) < 4.78 is 5.36. The molecule has 3 aromatic rings. The van der Waals surface area contributed by atoms with Gasteiger partial charge in [-0.05, 0) is 35.7 Å². The lowest BCUT2D eigenvalue weighted by molar-refractivity contribution is -0.118. The van der Waals surface area contributed by atoms with Crippen molar-refractivity contribution in [3.05, 3.63) is 46.8 Å². The number of nitrogens with one attached hydrogen (secondary N) is 1. The van der Waals surface area contributed by atoms with Gasteiger partial charge in [-0.25, -0.2) is 0 Å². The molecule has 1 aromatic carbocycles. The number of nitrogens with zero attached hydrogens (tertiary/aromatic N) is 2. The Kier molecular flexibility index (Phi) is 4.67. The summed E-state index contributed by atoms with van der Waals surface area (Å²) in [5.74, 6) is 0.292. The largest absolute Gasteiger partial charge is 0.484 e. The zero-order valence-corrected chi connectivity index (χ0v) is 13.5. The maximum atomic E-state index is 11.8. The second-order valence-electron chi connectivity index (χ2n) is 4.18. The van der Waals surface area contributed by atoms with Gasteiger partial charge in [0.15, 0.2) is 11.6 Å². The molecule has 1 amide bonds. The Morgan fingerprint density at radius 1 is 1.23 bits per heavy atom. The Morgan fingerprint density at radius 3 is 2.77 bits per heavy atom. The van der Waals surface area contributed by atoms with Crippen molar-refractivity contribution in [1.29, 1.82) is 0 Å². The van der Waals surface area contributed by atoms with Crippen LogP contribution in [0.15, 0.2) is 41.8 Å². The van der Waals surface area contributed by atoms with Gasteiger partial charge in [0, 0.05) is 5.02 Å². The molecule has 112 valence electrons. The number of benzene rings is 1. The quantitative estimate of drug-likeness (QED) is 0.756. The standard InChI is InChI=1S/C14H10ClN3O2S2/c15-9-3-5-10(6-4-9)20-8-12(19)16-14-18-17-13(22-14)11-2-1-7-21-11/h1-7H,8H2,(H,16,18,19). The zero-order valence-electron chi connectivity index (χ0n) is 11.2. The number of thiophene rings is 1. The van der Waals surface area contributed by atoms with Gasteiger partial charge in [-0.1, -0.05) is 29.0 Å². The molecule has 0 aliphatic rings. The van der Waals surface area contributed by atoms with Crippen LogP contribution in [0.3, 0.4) is 0 Å². The van der Waals surface area contributed by atoms with Crippen molar-refractivity contribution in [1.82, 2.24) is 10.2 Å². The summed E-state index contributed by atoms with van der Waals surface area (Å²) in [7, 11) is 0. The third-order valence-corrected chi connectivity index (χ3v) is 4.72.